The Labute approximate surface area is 114 Å². The van der Waals surface area contributed by atoms with Gasteiger partial charge in [-0.3, -0.25) is 0 Å². The fourth-order valence-electron chi connectivity index (χ4n) is 2.12. The van der Waals surface area contributed by atoms with Crippen LogP contribution in [0.4, 0.5) is 11.6 Å². The van der Waals surface area contributed by atoms with E-state index in [-0.39, 0.29) is 6.61 Å². The summed E-state index contributed by atoms with van der Waals surface area (Å²) in [4.78, 5) is 8.62. The van der Waals surface area contributed by atoms with E-state index in [4.69, 9.17) is 10.9 Å². The van der Waals surface area contributed by atoms with Gasteiger partial charge < -0.3 is 15.8 Å². The van der Waals surface area contributed by atoms with E-state index in [1.54, 1.807) is 0 Å². The molecule has 0 aliphatic carbocycles. The number of nitrogens with two attached hydrogens (primary N) is 1. The summed E-state index contributed by atoms with van der Waals surface area (Å²) in [5.74, 6) is 8.02. The number of aryl methyl sites for hydroxylation is 1. The summed E-state index contributed by atoms with van der Waals surface area (Å²) in [5.41, 5.74) is 3.49. The second-order valence-corrected chi connectivity index (χ2v) is 4.79. The van der Waals surface area contributed by atoms with Gasteiger partial charge in [0, 0.05) is 18.7 Å². The van der Waals surface area contributed by atoms with E-state index >= 15 is 0 Å². The van der Waals surface area contributed by atoms with Crippen LogP contribution in [0.5, 0.6) is 0 Å². The minimum atomic E-state index is 0.226. The first kappa shape index (κ1) is 15.7. The second kappa shape index (κ2) is 7.91. The average Bonchev–Trinajstić information content (AvgIpc) is 2.39. The lowest BCUT2D eigenvalue weighted by molar-refractivity contribution is 0.255. The van der Waals surface area contributed by atoms with Crippen molar-refractivity contribution >= 4 is 11.6 Å². The molecule has 0 saturated heterocycles. The van der Waals surface area contributed by atoms with Crippen molar-refractivity contribution in [2.24, 2.45) is 11.8 Å². The maximum absolute atomic E-state index is 9.06. The molecule has 0 bridgehead atoms. The van der Waals surface area contributed by atoms with Gasteiger partial charge in [0.1, 0.15) is 17.5 Å². The maximum atomic E-state index is 9.06. The Bertz CT molecular complexity index is 391. The fourth-order valence-corrected chi connectivity index (χ4v) is 2.12. The number of aliphatic hydroxyl groups excluding tert-OH is 1. The van der Waals surface area contributed by atoms with Gasteiger partial charge in [0.15, 0.2) is 0 Å². The molecule has 1 heterocycles. The molecule has 1 aromatic rings. The van der Waals surface area contributed by atoms with Crippen LogP contribution in [-0.4, -0.2) is 28.2 Å². The van der Waals surface area contributed by atoms with Crippen molar-refractivity contribution in [3.05, 3.63) is 11.4 Å². The Kier molecular flexibility index (Phi) is 6.52. The van der Waals surface area contributed by atoms with Gasteiger partial charge in [-0.05, 0) is 32.6 Å². The quantitative estimate of drug-likeness (QED) is 0.422. The number of aromatic nitrogens is 2. The molecule has 1 unspecified atom stereocenters. The lowest BCUT2D eigenvalue weighted by Crippen LogP contribution is -2.19. The SMILES string of the molecule is CCCC(CCO)CNc1nc(C)nc(NN)c1C. The third-order valence-corrected chi connectivity index (χ3v) is 3.19. The van der Waals surface area contributed by atoms with E-state index < -0.39 is 0 Å². The maximum Gasteiger partial charge on any atom is 0.148 e. The predicted molar refractivity (Wildman–Crippen MR) is 77.9 cm³/mol. The Morgan fingerprint density at radius 1 is 1.21 bits per heavy atom. The van der Waals surface area contributed by atoms with Gasteiger partial charge in [0.25, 0.3) is 0 Å². The van der Waals surface area contributed by atoms with E-state index in [1.807, 2.05) is 13.8 Å². The molecule has 0 spiro atoms. The summed E-state index contributed by atoms with van der Waals surface area (Å²) in [6.07, 6.45) is 3.02. The minimum absolute atomic E-state index is 0.226. The summed E-state index contributed by atoms with van der Waals surface area (Å²) in [6, 6.07) is 0. The standard InChI is InChI=1S/C13H25N5O/c1-4-5-11(6-7-19)8-15-12-9(2)13(18-14)17-10(3)16-12/h11,19H,4-8,14H2,1-3H3,(H2,15,16,17,18). The van der Waals surface area contributed by atoms with E-state index in [0.29, 0.717) is 17.6 Å². The molecule has 6 nitrogen and oxygen atoms in total. The topological polar surface area (TPSA) is 96.1 Å². The first-order valence-corrected chi connectivity index (χ1v) is 6.78. The highest BCUT2D eigenvalue weighted by Crippen LogP contribution is 2.20. The molecule has 1 rings (SSSR count). The highest BCUT2D eigenvalue weighted by molar-refractivity contribution is 5.56. The van der Waals surface area contributed by atoms with Gasteiger partial charge in [-0.1, -0.05) is 13.3 Å². The molecule has 0 saturated carbocycles. The van der Waals surface area contributed by atoms with Gasteiger partial charge in [0.05, 0.1) is 0 Å². The summed E-state index contributed by atoms with van der Waals surface area (Å²) < 4.78 is 0. The molecule has 5 N–H and O–H groups in total. The van der Waals surface area contributed by atoms with Crippen LogP contribution in [-0.2, 0) is 0 Å². The van der Waals surface area contributed by atoms with Crippen molar-refractivity contribution < 1.29 is 5.11 Å². The average molecular weight is 267 g/mol. The van der Waals surface area contributed by atoms with Crippen LogP contribution in [0, 0.1) is 19.8 Å². The zero-order chi connectivity index (χ0) is 14.3. The third-order valence-electron chi connectivity index (χ3n) is 3.19. The van der Waals surface area contributed by atoms with Crippen molar-refractivity contribution in [1.82, 2.24) is 9.97 Å². The number of nitrogens with one attached hydrogen (secondary N) is 2. The van der Waals surface area contributed by atoms with Crippen LogP contribution in [0.2, 0.25) is 0 Å². The summed E-state index contributed by atoms with van der Waals surface area (Å²) in [5, 5.41) is 12.4. The summed E-state index contributed by atoms with van der Waals surface area (Å²) >= 11 is 0. The van der Waals surface area contributed by atoms with Crippen molar-refractivity contribution in [2.45, 2.75) is 40.0 Å². The molecule has 0 aromatic carbocycles. The smallest absolute Gasteiger partial charge is 0.148 e. The summed E-state index contributed by atoms with van der Waals surface area (Å²) in [7, 11) is 0. The van der Waals surface area contributed by atoms with Crippen LogP contribution in [0.25, 0.3) is 0 Å². The zero-order valence-corrected chi connectivity index (χ0v) is 12.0. The van der Waals surface area contributed by atoms with Crippen LogP contribution >= 0.6 is 0 Å². The first-order chi connectivity index (χ1) is 9.12. The number of rotatable bonds is 8. The van der Waals surface area contributed by atoms with Gasteiger partial charge in [-0.25, -0.2) is 15.8 Å². The van der Waals surface area contributed by atoms with E-state index in [1.165, 1.54) is 0 Å². The largest absolute Gasteiger partial charge is 0.396 e. The highest BCUT2D eigenvalue weighted by atomic mass is 16.3. The first-order valence-electron chi connectivity index (χ1n) is 6.78. The normalized spacial score (nSPS) is 12.3. The van der Waals surface area contributed by atoms with E-state index in [9.17, 15) is 0 Å². The van der Waals surface area contributed by atoms with Crippen molar-refractivity contribution in [3.63, 3.8) is 0 Å². The van der Waals surface area contributed by atoms with Crippen LogP contribution in [0.15, 0.2) is 0 Å². The summed E-state index contributed by atoms with van der Waals surface area (Å²) in [6.45, 7) is 6.95. The van der Waals surface area contributed by atoms with Gasteiger partial charge in [-0.2, -0.15) is 0 Å². The van der Waals surface area contributed by atoms with Gasteiger partial charge in [0.2, 0.25) is 0 Å². The number of hydrogen-bond donors (Lipinski definition) is 4. The highest BCUT2D eigenvalue weighted by Gasteiger charge is 2.11. The van der Waals surface area contributed by atoms with E-state index in [2.05, 4.69) is 27.6 Å². The molecule has 6 heteroatoms. The number of aliphatic hydroxyl groups is 1. The molecule has 0 amide bonds. The number of hydrogen-bond acceptors (Lipinski definition) is 6. The Morgan fingerprint density at radius 2 is 1.89 bits per heavy atom. The van der Waals surface area contributed by atoms with Gasteiger partial charge in [-0.15, -0.1) is 0 Å². The fraction of sp³-hybridized carbons (Fsp3) is 0.692. The number of nitrogens with zero attached hydrogens (tertiary/aromatic N) is 2. The Morgan fingerprint density at radius 3 is 2.47 bits per heavy atom. The third kappa shape index (κ3) is 4.65. The van der Waals surface area contributed by atoms with Crippen LogP contribution < -0.4 is 16.6 Å². The molecule has 19 heavy (non-hydrogen) atoms. The van der Waals surface area contributed by atoms with Crippen molar-refractivity contribution in [2.75, 3.05) is 23.9 Å². The molecule has 0 aliphatic rings. The predicted octanol–water partition coefficient (Wildman–Crippen LogP) is 1.59. The minimum Gasteiger partial charge on any atom is -0.396 e. The molecule has 1 aromatic heterocycles. The Balaban J connectivity index is 2.73. The number of anilines is 2. The zero-order valence-electron chi connectivity index (χ0n) is 12.0. The molecule has 108 valence electrons. The van der Waals surface area contributed by atoms with Crippen molar-refractivity contribution in [1.29, 1.82) is 0 Å². The van der Waals surface area contributed by atoms with Crippen molar-refractivity contribution in [3.8, 4) is 0 Å². The monoisotopic (exact) mass is 267 g/mol. The number of nitrogen functional groups attached to an aromatic ring is 1. The molecular formula is C13H25N5O. The van der Waals surface area contributed by atoms with Gasteiger partial charge >= 0.3 is 0 Å². The molecule has 1 atom stereocenters. The van der Waals surface area contributed by atoms with E-state index in [0.717, 1.165) is 37.2 Å². The number of hydrazine groups is 1. The molecular weight excluding hydrogens is 242 g/mol. The van der Waals surface area contributed by atoms with Crippen LogP contribution in [0.1, 0.15) is 37.6 Å². The molecule has 0 fully saturated rings. The lowest BCUT2D eigenvalue weighted by atomic mass is 10.0. The Hall–Kier alpha value is -1.40. The molecule has 0 radical (unpaired) electrons. The molecule has 0 aliphatic heterocycles. The lowest BCUT2D eigenvalue weighted by Gasteiger charge is -2.18. The van der Waals surface area contributed by atoms with Crippen LogP contribution in [0.3, 0.4) is 0 Å². The second-order valence-electron chi connectivity index (χ2n) is 4.79.